The molecule has 134 valence electrons. The molecule has 2 heterocycles. The van der Waals surface area contributed by atoms with Crippen LogP contribution >= 0.6 is 22.9 Å². The van der Waals surface area contributed by atoms with Crippen LogP contribution in [0.25, 0.3) is 10.2 Å². The number of rotatable bonds is 4. The number of fused-ring (bicyclic) bond motifs is 2. The van der Waals surface area contributed by atoms with Gasteiger partial charge in [0.2, 0.25) is 0 Å². The van der Waals surface area contributed by atoms with Crippen LogP contribution < -0.4 is 10.1 Å². The molecule has 4 rings (SSSR count). The van der Waals surface area contributed by atoms with E-state index in [1.165, 1.54) is 11.3 Å². The molecule has 1 aliphatic rings. The largest absolute Gasteiger partial charge is 0.426 e. The monoisotopic (exact) mass is 386 g/mol. The number of carbonyl (C=O) groups excluding carboxylic acids is 1. The molecule has 26 heavy (non-hydrogen) atoms. The van der Waals surface area contributed by atoms with Crippen molar-refractivity contribution in [2.45, 2.75) is 38.8 Å². The van der Waals surface area contributed by atoms with Gasteiger partial charge in [-0.1, -0.05) is 43.6 Å². The zero-order chi connectivity index (χ0) is 18.3. The lowest BCUT2D eigenvalue weighted by atomic mass is 9.95. The van der Waals surface area contributed by atoms with Gasteiger partial charge in [0.1, 0.15) is 22.2 Å². The van der Waals surface area contributed by atoms with E-state index >= 15 is 0 Å². The molecule has 0 saturated carbocycles. The Labute approximate surface area is 161 Å². The van der Waals surface area contributed by atoms with E-state index in [4.69, 9.17) is 16.3 Å². The number of nitrogens with zero attached hydrogens (tertiary/aromatic N) is 1. The van der Waals surface area contributed by atoms with E-state index in [1.54, 1.807) is 0 Å². The minimum atomic E-state index is -0.379. The standard InChI is InChI=1S/C20H19ClN2O2S/c1-11(2)22-10-12-6-7-13-9-14(20(24)25-16(13)8-12)19-23-18-15(21)4-3-5-17(18)26-19/h3-8,11,14,22H,9-10H2,1-2H3. The van der Waals surface area contributed by atoms with E-state index in [0.29, 0.717) is 23.2 Å². The molecule has 0 radical (unpaired) electrons. The van der Waals surface area contributed by atoms with E-state index in [2.05, 4.69) is 30.2 Å². The second-order valence-corrected chi connectivity index (χ2v) is 8.26. The number of thiazole rings is 1. The fourth-order valence-electron chi connectivity index (χ4n) is 3.05. The zero-order valence-electron chi connectivity index (χ0n) is 14.6. The Balaban J connectivity index is 1.61. The van der Waals surface area contributed by atoms with Crippen molar-refractivity contribution in [3.05, 3.63) is 57.6 Å². The molecule has 0 aliphatic carbocycles. The molecule has 3 aromatic rings. The Bertz CT molecular complexity index is 983. The summed E-state index contributed by atoms with van der Waals surface area (Å²) in [5.74, 6) is 0.0331. The van der Waals surface area contributed by atoms with E-state index in [1.807, 2.05) is 30.3 Å². The number of halogens is 1. The van der Waals surface area contributed by atoms with Gasteiger partial charge in [0.15, 0.2) is 0 Å². The number of hydrogen-bond donors (Lipinski definition) is 1. The van der Waals surface area contributed by atoms with Crippen LogP contribution in [0.1, 0.15) is 35.9 Å². The molecular weight excluding hydrogens is 368 g/mol. The SMILES string of the molecule is CC(C)NCc1ccc2c(c1)OC(=O)C(c1nc3c(Cl)cccc3s1)C2. The van der Waals surface area contributed by atoms with Crippen LogP contribution in [0, 0.1) is 0 Å². The summed E-state index contributed by atoms with van der Waals surface area (Å²) >= 11 is 7.72. The second kappa shape index (κ2) is 6.99. The molecule has 1 atom stereocenters. The first-order valence-electron chi connectivity index (χ1n) is 8.63. The van der Waals surface area contributed by atoms with Gasteiger partial charge < -0.3 is 10.1 Å². The summed E-state index contributed by atoms with van der Waals surface area (Å²) in [7, 11) is 0. The van der Waals surface area contributed by atoms with Crippen LogP contribution in [-0.2, 0) is 17.8 Å². The zero-order valence-corrected chi connectivity index (χ0v) is 16.2. The number of aromatic nitrogens is 1. The molecule has 6 heteroatoms. The second-order valence-electron chi connectivity index (χ2n) is 6.79. The average Bonchev–Trinajstić information content (AvgIpc) is 3.04. The van der Waals surface area contributed by atoms with Crippen LogP contribution in [0.2, 0.25) is 5.02 Å². The fraction of sp³-hybridized carbons (Fsp3) is 0.300. The molecule has 1 N–H and O–H groups in total. The van der Waals surface area contributed by atoms with Gasteiger partial charge in [-0.2, -0.15) is 0 Å². The molecule has 1 aromatic heterocycles. The summed E-state index contributed by atoms with van der Waals surface area (Å²) in [5, 5.41) is 4.74. The molecule has 0 bridgehead atoms. The normalized spacial score (nSPS) is 16.8. The molecule has 0 fully saturated rings. The van der Waals surface area contributed by atoms with Gasteiger partial charge in [-0.25, -0.2) is 4.98 Å². The summed E-state index contributed by atoms with van der Waals surface area (Å²) in [4.78, 5) is 17.2. The average molecular weight is 387 g/mol. The first kappa shape index (κ1) is 17.5. The van der Waals surface area contributed by atoms with E-state index in [9.17, 15) is 4.79 Å². The molecular formula is C20H19ClN2O2S. The lowest BCUT2D eigenvalue weighted by Gasteiger charge is -2.22. The Kier molecular flexibility index (Phi) is 4.69. The predicted molar refractivity (Wildman–Crippen MR) is 105 cm³/mol. The van der Waals surface area contributed by atoms with Crippen LogP contribution in [0.5, 0.6) is 5.75 Å². The summed E-state index contributed by atoms with van der Waals surface area (Å²) in [6.07, 6.45) is 0.601. The molecule has 1 aliphatic heterocycles. The van der Waals surface area contributed by atoms with Crippen LogP contribution in [0.3, 0.4) is 0 Å². The van der Waals surface area contributed by atoms with Crippen molar-refractivity contribution in [3.63, 3.8) is 0 Å². The maximum Gasteiger partial charge on any atom is 0.321 e. The number of carbonyl (C=O) groups is 1. The lowest BCUT2D eigenvalue weighted by Crippen LogP contribution is -2.26. The predicted octanol–water partition coefficient (Wildman–Crippen LogP) is 4.69. The quantitative estimate of drug-likeness (QED) is 0.522. The summed E-state index contributed by atoms with van der Waals surface area (Å²) in [6, 6.07) is 12.2. The first-order valence-corrected chi connectivity index (χ1v) is 9.82. The summed E-state index contributed by atoms with van der Waals surface area (Å²) in [6.45, 7) is 4.96. The fourth-order valence-corrected chi connectivity index (χ4v) is 4.40. The third-order valence-electron chi connectivity index (χ3n) is 4.45. The smallest absolute Gasteiger partial charge is 0.321 e. The highest BCUT2D eigenvalue weighted by molar-refractivity contribution is 7.18. The van der Waals surface area contributed by atoms with Gasteiger partial charge in [-0.3, -0.25) is 4.79 Å². The van der Waals surface area contributed by atoms with E-state index in [-0.39, 0.29) is 11.9 Å². The van der Waals surface area contributed by atoms with Gasteiger partial charge in [0.25, 0.3) is 0 Å². The minimum Gasteiger partial charge on any atom is -0.426 e. The van der Waals surface area contributed by atoms with Crippen molar-refractivity contribution < 1.29 is 9.53 Å². The highest BCUT2D eigenvalue weighted by Crippen LogP contribution is 2.38. The van der Waals surface area contributed by atoms with Crippen LogP contribution in [0.15, 0.2) is 36.4 Å². The van der Waals surface area contributed by atoms with Gasteiger partial charge in [-0.05, 0) is 35.7 Å². The van der Waals surface area contributed by atoms with Crippen LogP contribution in [-0.4, -0.2) is 17.0 Å². The highest BCUT2D eigenvalue weighted by Gasteiger charge is 2.32. The summed E-state index contributed by atoms with van der Waals surface area (Å²) in [5.41, 5.74) is 2.89. The van der Waals surface area contributed by atoms with E-state index in [0.717, 1.165) is 32.9 Å². The Hall–Kier alpha value is -1.95. The Morgan fingerprint density at radius 2 is 2.19 bits per heavy atom. The number of esters is 1. The number of para-hydroxylation sites is 1. The Morgan fingerprint density at radius 1 is 1.35 bits per heavy atom. The van der Waals surface area contributed by atoms with Crippen molar-refractivity contribution >= 4 is 39.1 Å². The molecule has 0 saturated heterocycles. The molecule has 4 nitrogen and oxygen atoms in total. The summed E-state index contributed by atoms with van der Waals surface area (Å²) < 4.78 is 6.63. The van der Waals surface area contributed by atoms with Crippen molar-refractivity contribution in [2.75, 3.05) is 0 Å². The Morgan fingerprint density at radius 3 is 2.96 bits per heavy atom. The number of benzene rings is 2. The molecule has 0 amide bonds. The maximum atomic E-state index is 12.6. The number of hydrogen-bond acceptors (Lipinski definition) is 5. The topological polar surface area (TPSA) is 51.2 Å². The van der Waals surface area contributed by atoms with Gasteiger partial charge in [0, 0.05) is 12.6 Å². The molecule has 2 aromatic carbocycles. The van der Waals surface area contributed by atoms with Crippen LogP contribution in [0.4, 0.5) is 0 Å². The van der Waals surface area contributed by atoms with Gasteiger partial charge in [-0.15, -0.1) is 11.3 Å². The van der Waals surface area contributed by atoms with Crippen molar-refractivity contribution in [2.24, 2.45) is 0 Å². The third-order valence-corrected chi connectivity index (χ3v) is 5.89. The minimum absolute atomic E-state index is 0.248. The van der Waals surface area contributed by atoms with Gasteiger partial charge >= 0.3 is 5.97 Å². The van der Waals surface area contributed by atoms with Gasteiger partial charge in [0.05, 0.1) is 9.72 Å². The first-order chi connectivity index (χ1) is 12.5. The number of ether oxygens (including phenoxy) is 1. The molecule has 1 unspecified atom stereocenters. The third kappa shape index (κ3) is 3.34. The van der Waals surface area contributed by atoms with Crippen molar-refractivity contribution in [1.29, 1.82) is 0 Å². The lowest BCUT2D eigenvalue weighted by molar-refractivity contribution is -0.137. The maximum absolute atomic E-state index is 12.6. The molecule has 0 spiro atoms. The van der Waals surface area contributed by atoms with Crippen molar-refractivity contribution in [3.8, 4) is 5.75 Å². The highest BCUT2D eigenvalue weighted by atomic mass is 35.5. The van der Waals surface area contributed by atoms with Crippen molar-refractivity contribution in [1.82, 2.24) is 10.3 Å². The number of nitrogens with one attached hydrogen (secondary N) is 1. The van der Waals surface area contributed by atoms with E-state index < -0.39 is 0 Å².